The van der Waals surface area contributed by atoms with E-state index in [1.807, 2.05) is 4.90 Å². The first-order chi connectivity index (χ1) is 15.5. The third-order valence-electron chi connectivity index (χ3n) is 6.81. The molecule has 0 aromatic heterocycles. The van der Waals surface area contributed by atoms with Crippen LogP contribution < -0.4 is 10.2 Å². The van der Waals surface area contributed by atoms with Crippen molar-refractivity contribution in [3.8, 4) is 0 Å². The minimum absolute atomic E-state index is 0.195. The summed E-state index contributed by atoms with van der Waals surface area (Å²) >= 11 is 5.74. The van der Waals surface area contributed by atoms with E-state index in [-0.39, 0.29) is 17.9 Å². The van der Waals surface area contributed by atoms with Gasteiger partial charge >= 0.3 is 0 Å². The number of nitrogens with one attached hydrogen (secondary N) is 1. The zero-order valence-electron chi connectivity index (χ0n) is 18.3. The van der Waals surface area contributed by atoms with E-state index in [2.05, 4.69) is 64.5 Å². The topological polar surface area (TPSA) is 55.9 Å². The fraction of sp³-hybridized carbons (Fsp3) is 0.400. The largest absolute Gasteiger partial charge is 0.369 e. The van der Waals surface area contributed by atoms with Gasteiger partial charge in [0.1, 0.15) is 11.0 Å². The molecule has 3 aliphatic heterocycles. The van der Waals surface area contributed by atoms with Crippen molar-refractivity contribution in [2.75, 3.05) is 31.1 Å². The molecule has 6 nitrogen and oxygen atoms in total. The van der Waals surface area contributed by atoms with Crippen molar-refractivity contribution in [2.24, 2.45) is 0 Å². The van der Waals surface area contributed by atoms with Crippen molar-refractivity contribution in [2.45, 2.75) is 38.9 Å². The molecule has 0 radical (unpaired) electrons. The van der Waals surface area contributed by atoms with Gasteiger partial charge in [0.2, 0.25) is 11.8 Å². The van der Waals surface area contributed by atoms with E-state index >= 15 is 0 Å². The Hall–Kier alpha value is -2.77. The number of carbonyl (C=O) groups is 2. The summed E-state index contributed by atoms with van der Waals surface area (Å²) in [5.41, 5.74) is 6.16. The Kier molecular flexibility index (Phi) is 5.69. The first-order valence-electron chi connectivity index (χ1n) is 11.3. The van der Waals surface area contributed by atoms with E-state index in [1.165, 1.54) is 22.4 Å². The molecule has 5 rings (SSSR count). The SMILES string of the molecule is Cc1cccc(N2CCN(Cc3cccc4c3CN(C3CCC(=O)NC3=O)C4=S)CC2)c1. The number of benzene rings is 2. The average Bonchev–Trinajstić information content (AvgIpc) is 3.12. The fourth-order valence-corrected chi connectivity index (χ4v) is 5.41. The molecule has 2 fully saturated rings. The van der Waals surface area contributed by atoms with E-state index in [9.17, 15) is 9.59 Å². The van der Waals surface area contributed by atoms with Crippen LogP contribution in [-0.4, -0.2) is 58.8 Å². The van der Waals surface area contributed by atoms with Crippen LogP contribution >= 0.6 is 12.2 Å². The average molecular weight is 449 g/mol. The lowest BCUT2D eigenvalue weighted by molar-refractivity contribution is -0.136. The maximum absolute atomic E-state index is 12.4. The molecule has 2 saturated heterocycles. The highest BCUT2D eigenvalue weighted by atomic mass is 32.1. The van der Waals surface area contributed by atoms with Gasteiger partial charge in [-0.3, -0.25) is 19.8 Å². The minimum Gasteiger partial charge on any atom is -0.369 e. The lowest BCUT2D eigenvalue weighted by atomic mass is 10.0. The highest BCUT2D eigenvalue weighted by Crippen LogP contribution is 2.31. The zero-order valence-corrected chi connectivity index (χ0v) is 19.2. The lowest BCUT2D eigenvalue weighted by Gasteiger charge is -2.36. The molecular formula is C25H28N4O2S. The number of aryl methyl sites for hydroxylation is 1. The first kappa shape index (κ1) is 21.1. The van der Waals surface area contributed by atoms with Gasteiger partial charge in [-0.15, -0.1) is 0 Å². The second kappa shape index (κ2) is 8.64. The second-order valence-corrected chi connectivity index (χ2v) is 9.33. The molecule has 1 atom stereocenters. The third-order valence-corrected chi connectivity index (χ3v) is 7.27. The summed E-state index contributed by atoms with van der Waals surface area (Å²) in [5, 5.41) is 2.46. The number of anilines is 1. The van der Waals surface area contributed by atoms with Gasteiger partial charge in [0.15, 0.2) is 0 Å². The predicted molar refractivity (Wildman–Crippen MR) is 129 cm³/mol. The van der Waals surface area contributed by atoms with E-state index in [0.717, 1.165) is 43.3 Å². The molecule has 0 spiro atoms. The van der Waals surface area contributed by atoms with E-state index < -0.39 is 0 Å². The summed E-state index contributed by atoms with van der Waals surface area (Å²) in [6.45, 7) is 7.71. The van der Waals surface area contributed by atoms with Gasteiger partial charge in [0, 0.05) is 56.9 Å². The molecule has 1 N–H and O–H groups in total. The second-order valence-electron chi connectivity index (χ2n) is 8.95. The van der Waals surface area contributed by atoms with Crippen LogP contribution in [0.15, 0.2) is 42.5 Å². The van der Waals surface area contributed by atoms with Crippen LogP contribution in [0.5, 0.6) is 0 Å². The molecule has 7 heteroatoms. The number of imide groups is 1. The molecule has 2 amide bonds. The number of thiocarbonyl (C=S) groups is 1. The molecule has 3 aliphatic rings. The summed E-state index contributed by atoms with van der Waals surface area (Å²) in [6, 6.07) is 14.7. The Labute approximate surface area is 194 Å². The Morgan fingerprint density at radius 3 is 2.59 bits per heavy atom. The molecule has 0 bridgehead atoms. The summed E-state index contributed by atoms with van der Waals surface area (Å²) in [7, 11) is 0. The van der Waals surface area contributed by atoms with Crippen molar-refractivity contribution in [3.05, 3.63) is 64.7 Å². The zero-order chi connectivity index (χ0) is 22.2. The van der Waals surface area contributed by atoms with Gasteiger partial charge in [0.25, 0.3) is 0 Å². The summed E-state index contributed by atoms with van der Waals surface area (Å²) < 4.78 is 0. The van der Waals surface area contributed by atoms with Crippen LogP contribution in [0.2, 0.25) is 0 Å². The van der Waals surface area contributed by atoms with Gasteiger partial charge < -0.3 is 9.80 Å². The number of nitrogens with zero attached hydrogens (tertiary/aromatic N) is 3. The number of hydrogen-bond acceptors (Lipinski definition) is 5. The monoisotopic (exact) mass is 448 g/mol. The minimum atomic E-state index is -0.363. The Morgan fingerprint density at radius 2 is 1.84 bits per heavy atom. The fourth-order valence-electron chi connectivity index (χ4n) is 5.03. The smallest absolute Gasteiger partial charge is 0.249 e. The van der Waals surface area contributed by atoms with Crippen LogP contribution in [0.3, 0.4) is 0 Å². The molecule has 32 heavy (non-hydrogen) atoms. The summed E-state index contributed by atoms with van der Waals surface area (Å²) in [6.07, 6.45) is 0.888. The van der Waals surface area contributed by atoms with E-state index in [0.29, 0.717) is 19.4 Å². The van der Waals surface area contributed by atoms with Crippen molar-refractivity contribution in [1.82, 2.24) is 15.1 Å². The quantitative estimate of drug-likeness (QED) is 0.573. The van der Waals surface area contributed by atoms with Gasteiger partial charge in [-0.05, 0) is 42.2 Å². The maximum Gasteiger partial charge on any atom is 0.249 e. The molecule has 0 aliphatic carbocycles. The van der Waals surface area contributed by atoms with Gasteiger partial charge in [-0.1, -0.05) is 42.5 Å². The highest BCUT2D eigenvalue weighted by Gasteiger charge is 2.37. The number of carbonyl (C=O) groups excluding carboxylic acids is 2. The van der Waals surface area contributed by atoms with Crippen molar-refractivity contribution in [3.63, 3.8) is 0 Å². The van der Waals surface area contributed by atoms with E-state index in [4.69, 9.17) is 12.2 Å². The molecule has 1 unspecified atom stereocenters. The van der Waals surface area contributed by atoms with Crippen LogP contribution in [0.1, 0.15) is 35.1 Å². The number of amides is 2. The number of fused-ring (bicyclic) bond motifs is 1. The van der Waals surface area contributed by atoms with Gasteiger partial charge in [-0.2, -0.15) is 0 Å². The van der Waals surface area contributed by atoms with Crippen LogP contribution in [0, 0.1) is 6.92 Å². The summed E-state index contributed by atoms with van der Waals surface area (Å²) in [5.74, 6) is -0.426. The predicted octanol–water partition coefficient (Wildman–Crippen LogP) is 2.61. The molecule has 0 saturated carbocycles. The molecule has 2 aromatic carbocycles. The number of hydrogen-bond donors (Lipinski definition) is 1. The maximum atomic E-state index is 12.4. The number of piperidine rings is 1. The normalized spacial score (nSPS) is 21.7. The Balaban J connectivity index is 1.26. The number of piperazine rings is 1. The highest BCUT2D eigenvalue weighted by molar-refractivity contribution is 7.80. The van der Waals surface area contributed by atoms with Crippen molar-refractivity contribution >= 4 is 34.7 Å². The van der Waals surface area contributed by atoms with Crippen LogP contribution in [0.4, 0.5) is 5.69 Å². The molecular weight excluding hydrogens is 420 g/mol. The first-order valence-corrected chi connectivity index (χ1v) is 11.7. The number of rotatable bonds is 4. The van der Waals surface area contributed by atoms with Crippen LogP contribution in [-0.2, 0) is 22.7 Å². The summed E-state index contributed by atoms with van der Waals surface area (Å²) in [4.78, 5) is 31.6. The molecule has 3 heterocycles. The van der Waals surface area contributed by atoms with Gasteiger partial charge in [0.05, 0.1) is 0 Å². The Bertz CT molecular complexity index is 1080. The standard InChI is InChI=1S/C25H28N4O2S/c1-17-4-2-6-19(14-17)28-12-10-27(11-13-28)15-18-5-3-7-20-21(18)16-29(25(20)32)22-8-9-23(30)26-24(22)31/h2-7,14,22H,8-13,15-16H2,1H3,(H,26,30,31). The lowest BCUT2D eigenvalue weighted by Crippen LogP contribution is -2.52. The van der Waals surface area contributed by atoms with Gasteiger partial charge in [-0.25, -0.2) is 0 Å². The third kappa shape index (κ3) is 4.02. The van der Waals surface area contributed by atoms with Crippen molar-refractivity contribution < 1.29 is 9.59 Å². The molecule has 2 aromatic rings. The van der Waals surface area contributed by atoms with Crippen LogP contribution in [0.25, 0.3) is 0 Å². The van der Waals surface area contributed by atoms with E-state index in [1.54, 1.807) is 0 Å². The molecule has 166 valence electrons. The van der Waals surface area contributed by atoms with Crippen molar-refractivity contribution in [1.29, 1.82) is 0 Å². The Morgan fingerprint density at radius 1 is 1.06 bits per heavy atom.